The fraction of sp³-hybridized carbons (Fsp3) is 0.647. The second kappa shape index (κ2) is 7.65. The van der Waals surface area contributed by atoms with Gasteiger partial charge in [0.25, 0.3) is 0 Å². The molecular formula is C17H28N2O. The summed E-state index contributed by atoms with van der Waals surface area (Å²) < 4.78 is 5.72. The van der Waals surface area contributed by atoms with Crippen LogP contribution in [0, 0.1) is 5.92 Å². The van der Waals surface area contributed by atoms with E-state index in [0.717, 1.165) is 38.4 Å². The van der Waals surface area contributed by atoms with Gasteiger partial charge in [0.1, 0.15) is 5.75 Å². The minimum atomic E-state index is 0.651. The summed E-state index contributed by atoms with van der Waals surface area (Å²) in [5.74, 6) is 1.65. The molecule has 0 spiro atoms. The van der Waals surface area contributed by atoms with Crippen molar-refractivity contribution in [2.45, 2.75) is 45.7 Å². The van der Waals surface area contributed by atoms with E-state index in [1.165, 1.54) is 18.4 Å². The number of benzene rings is 1. The summed E-state index contributed by atoms with van der Waals surface area (Å²) in [5, 5.41) is 0. The lowest BCUT2D eigenvalue weighted by Gasteiger charge is -2.37. The number of hydrogen-bond acceptors (Lipinski definition) is 3. The van der Waals surface area contributed by atoms with Crippen molar-refractivity contribution < 1.29 is 4.74 Å². The van der Waals surface area contributed by atoms with Gasteiger partial charge in [-0.15, -0.1) is 0 Å². The van der Waals surface area contributed by atoms with Crippen LogP contribution in [0.25, 0.3) is 0 Å². The quantitative estimate of drug-likeness (QED) is 0.868. The monoisotopic (exact) mass is 276 g/mol. The molecule has 20 heavy (non-hydrogen) atoms. The molecule has 1 aliphatic heterocycles. The number of likely N-dealkylation sites (tertiary alicyclic amines) is 1. The van der Waals surface area contributed by atoms with Crippen molar-refractivity contribution in [3.8, 4) is 5.75 Å². The first-order valence-corrected chi connectivity index (χ1v) is 7.88. The Kier molecular flexibility index (Phi) is 5.86. The molecule has 0 radical (unpaired) electrons. The number of hydrogen-bond donors (Lipinski definition) is 1. The van der Waals surface area contributed by atoms with Crippen molar-refractivity contribution in [1.29, 1.82) is 0 Å². The van der Waals surface area contributed by atoms with E-state index in [-0.39, 0.29) is 0 Å². The predicted octanol–water partition coefficient (Wildman–Crippen LogP) is 3.03. The molecule has 0 aromatic heterocycles. The van der Waals surface area contributed by atoms with Crippen LogP contribution >= 0.6 is 0 Å². The first-order valence-electron chi connectivity index (χ1n) is 7.88. The fourth-order valence-corrected chi connectivity index (χ4v) is 2.86. The molecule has 1 fully saturated rings. The Morgan fingerprint density at radius 2 is 2.20 bits per heavy atom. The second-order valence-electron chi connectivity index (χ2n) is 5.95. The van der Waals surface area contributed by atoms with Gasteiger partial charge >= 0.3 is 0 Å². The molecule has 3 heteroatoms. The van der Waals surface area contributed by atoms with Gasteiger partial charge in [-0.05, 0) is 56.3 Å². The van der Waals surface area contributed by atoms with Gasteiger partial charge in [-0.1, -0.05) is 19.1 Å². The summed E-state index contributed by atoms with van der Waals surface area (Å²) in [6.45, 7) is 8.18. The lowest BCUT2D eigenvalue weighted by molar-refractivity contribution is 0.113. The third-order valence-electron chi connectivity index (χ3n) is 4.20. The van der Waals surface area contributed by atoms with Crippen LogP contribution in [0.15, 0.2) is 24.3 Å². The van der Waals surface area contributed by atoms with Crippen LogP contribution in [0.4, 0.5) is 0 Å². The van der Waals surface area contributed by atoms with Gasteiger partial charge < -0.3 is 10.5 Å². The van der Waals surface area contributed by atoms with Gasteiger partial charge in [-0.3, -0.25) is 4.90 Å². The number of ether oxygens (including phenoxy) is 1. The Bertz CT molecular complexity index is 408. The van der Waals surface area contributed by atoms with Crippen LogP contribution in [0.3, 0.4) is 0 Å². The average molecular weight is 276 g/mol. The second-order valence-corrected chi connectivity index (χ2v) is 5.95. The van der Waals surface area contributed by atoms with Crippen LogP contribution in [-0.2, 0) is 6.54 Å². The van der Waals surface area contributed by atoms with Gasteiger partial charge in [0.15, 0.2) is 0 Å². The lowest BCUT2D eigenvalue weighted by Crippen LogP contribution is -2.43. The van der Waals surface area contributed by atoms with E-state index in [0.29, 0.717) is 12.0 Å². The van der Waals surface area contributed by atoms with E-state index in [4.69, 9.17) is 10.5 Å². The molecular weight excluding hydrogens is 248 g/mol. The first-order chi connectivity index (χ1) is 9.72. The Hall–Kier alpha value is -1.06. The lowest BCUT2D eigenvalue weighted by atomic mass is 9.93. The van der Waals surface area contributed by atoms with Gasteiger partial charge in [0.2, 0.25) is 0 Å². The number of nitrogens with zero attached hydrogens (tertiary/aromatic N) is 1. The highest BCUT2D eigenvalue weighted by molar-refractivity contribution is 5.28. The minimum Gasteiger partial charge on any atom is -0.494 e. The summed E-state index contributed by atoms with van der Waals surface area (Å²) in [7, 11) is 0. The molecule has 1 aromatic rings. The van der Waals surface area contributed by atoms with E-state index in [2.05, 4.69) is 36.9 Å². The largest absolute Gasteiger partial charge is 0.494 e. The van der Waals surface area contributed by atoms with Gasteiger partial charge in [-0.25, -0.2) is 0 Å². The van der Waals surface area contributed by atoms with Crippen LogP contribution in [-0.4, -0.2) is 30.6 Å². The standard InChI is InChI=1S/C17H28N2O/c1-3-9-20-17-6-4-5-15(10-17)12-19-13-16(11-18)8-7-14(19)2/h4-6,10,14,16H,3,7-9,11-13,18H2,1-2H3. The highest BCUT2D eigenvalue weighted by Gasteiger charge is 2.24. The molecule has 1 aliphatic rings. The molecule has 2 unspecified atom stereocenters. The SMILES string of the molecule is CCCOc1cccc(CN2CC(CN)CCC2C)c1. The molecule has 0 aliphatic carbocycles. The zero-order valence-electron chi connectivity index (χ0n) is 12.8. The number of rotatable bonds is 6. The van der Waals surface area contributed by atoms with E-state index < -0.39 is 0 Å². The van der Waals surface area contributed by atoms with Gasteiger partial charge in [-0.2, -0.15) is 0 Å². The topological polar surface area (TPSA) is 38.5 Å². The first kappa shape index (κ1) is 15.3. The van der Waals surface area contributed by atoms with Gasteiger partial charge in [0.05, 0.1) is 6.61 Å². The Morgan fingerprint density at radius 1 is 1.35 bits per heavy atom. The molecule has 3 nitrogen and oxygen atoms in total. The predicted molar refractivity (Wildman–Crippen MR) is 83.9 cm³/mol. The van der Waals surface area contributed by atoms with Crippen molar-refractivity contribution in [2.75, 3.05) is 19.7 Å². The van der Waals surface area contributed by atoms with Crippen molar-refractivity contribution >= 4 is 0 Å². The number of nitrogens with two attached hydrogens (primary N) is 1. The summed E-state index contributed by atoms with van der Waals surface area (Å²) >= 11 is 0. The average Bonchev–Trinajstić information content (AvgIpc) is 2.48. The van der Waals surface area contributed by atoms with Crippen molar-refractivity contribution in [3.05, 3.63) is 29.8 Å². The zero-order chi connectivity index (χ0) is 14.4. The van der Waals surface area contributed by atoms with Crippen LogP contribution in [0.2, 0.25) is 0 Å². The third kappa shape index (κ3) is 4.22. The Balaban J connectivity index is 1.97. The summed E-state index contributed by atoms with van der Waals surface area (Å²) in [6.07, 6.45) is 3.58. The third-order valence-corrected chi connectivity index (χ3v) is 4.20. The maximum absolute atomic E-state index is 5.84. The molecule has 2 rings (SSSR count). The fourth-order valence-electron chi connectivity index (χ4n) is 2.86. The van der Waals surface area contributed by atoms with Gasteiger partial charge in [0, 0.05) is 19.1 Å². The summed E-state index contributed by atoms with van der Waals surface area (Å²) in [6, 6.07) is 9.15. The maximum atomic E-state index is 5.84. The van der Waals surface area contributed by atoms with Crippen molar-refractivity contribution in [2.24, 2.45) is 11.7 Å². The highest BCUT2D eigenvalue weighted by Crippen LogP contribution is 2.24. The molecule has 0 amide bonds. The number of piperidine rings is 1. The molecule has 1 heterocycles. The summed E-state index contributed by atoms with van der Waals surface area (Å²) in [5.41, 5.74) is 7.17. The Morgan fingerprint density at radius 3 is 2.95 bits per heavy atom. The molecule has 2 atom stereocenters. The maximum Gasteiger partial charge on any atom is 0.119 e. The summed E-state index contributed by atoms with van der Waals surface area (Å²) in [4.78, 5) is 2.56. The molecule has 1 saturated heterocycles. The molecule has 2 N–H and O–H groups in total. The van der Waals surface area contributed by atoms with E-state index >= 15 is 0 Å². The normalized spacial score (nSPS) is 23.8. The smallest absolute Gasteiger partial charge is 0.119 e. The highest BCUT2D eigenvalue weighted by atomic mass is 16.5. The molecule has 1 aromatic carbocycles. The van der Waals surface area contributed by atoms with Crippen LogP contribution in [0.1, 0.15) is 38.7 Å². The van der Waals surface area contributed by atoms with E-state index in [1.807, 2.05) is 6.07 Å². The zero-order valence-corrected chi connectivity index (χ0v) is 12.8. The minimum absolute atomic E-state index is 0.651. The van der Waals surface area contributed by atoms with Crippen LogP contribution < -0.4 is 10.5 Å². The van der Waals surface area contributed by atoms with E-state index in [9.17, 15) is 0 Å². The molecule has 112 valence electrons. The van der Waals surface area contributed by atoms with Crippen molar-refractivity contribution in [3.63, 3.8) is 0 Å². The van der Waals surface area contributed by atoms with Crippen LogP contribution in [0.5, 0.6) is 5.75 Å². The van der Waals surface area contributed by atoms with Crippen molar-refractivity contribution in [1.82, 2.24) is 4.90 Å². The molecule has 0 bridgehead atoms. The van der Waals surface area contributed by atoms with E-state index in [1.54, 1.807) is 0 Å². The molecule has 0 saturated carbocycles. The Labute approximate surface area is 123 Å².